The number of nitrogens with two attached hydrogens (primary N) is 1. The second-order valence-corrected chi connectivity index (χ2v) is 4.74. The van der Waals surface area contributed by atoms with Crippen molar-refractivity contribution in [2.45, 2.75) is 19.8 Å². The van der Waals surface area contributed by atoms with E-state index < -0.39 is 0 Å². The highest BCUT2D eigenvalue weighted by molar-refractivity contribution is 5.99. The Labute approximate surface area is 112 Å². The molecule has 0 saturated heterocycles. The van der Waals surface area contributed by atoms with Crippen LogP contribution in [-0.2, 0) is 11.2 Å². The number of hydrogen-bond acceptors (Lipinski definition) is 3. The number of nitrogens with one attached hydrogen (secondary N) is 1. The van der Waals surface area contributed by atoms with Crippen molar-refractivity contribution in [1.29, 1.82) is 0 Å². The molecule has 0 aliphatic carbocycles. The first-order valence-electron chi connectivity index (χ1n) is 6.56. The number of nitrogens with zero attached hydrogens (tertiary/aromatic N) is 1. The van der Waals surface area contributed by atoms with Gasteiger partial charge in [0.25, 0.3) is 5.91 Å². The number of hydrogen-bond donors (Lipinski definition) is 2. The Hall–Kier alpha value is -2.04. The van der Waals surface area contributed by atoms with E-state index >= 15 is 0 Å². The largest absolute Gasteiger partial charge is 0.399 e. The van der Waals surface area contributed by atoms with Gasteiger partial charge < -0.3 is 16.0 Å². The molecule has 2 amide bonds. The van der Waals surface area contributed by atoms with Crippen molar-refractivity contribution < 1.29 is 9.59 Å². The molecule has 0 radical (unpaired) electrons. The van der Waals surface area contributed by atoms with E-state index in [0.717, 1.165) is 18.4 Å². The maximum absolute atomic E-state index is 12.3. The van der Waals surface area contributed by atoms with Crippen LogP contribution in [0.3, 0.4) is 0 Å². The molecule has 0 atom stereocenters. The summed E-state index contributed by atoms with van der Waals surface area (Å²) in [7, 11) is 0. The molecule has 3 N–H and O–H groups in total. The third-order valence-electron chi connectivity index (χ3n) is 3.21. The van der Waals surface area contributed by atoms with E-state index in [1.165, 1.54) is 0 Å². The zero-order chi connectivity index (χ0) is 13.8. The summed E-state index contributed by atoms with van der Waals surface area (Å²) >= 11 is 0. The standard InChI is InChI=1S/C14H19N3O2/c1-2-6-16-13(18)9-17-7-5-10-3-4-11(15)8-12(10)14(17)19/h3-4,8H,2,5-7,9,15H2,1H3,(H,16,18). The van der Waals surface area contributed by atoms with Crippen molar-refractivity contribution in [3.05, 3.63) is 29.3 Å². The molecular weight excluding hydrogens is 242 g/mol. The van der Waals surface area contributed by atoms with Gasteiger partial charge in [0.05, 0.1) is 6.54 Å². The SMILES string of the molecule is CCCNC(=O)CN1CCc2ccc(N)cc2C1=O. The third kappa shape index (κ3) is 3.05. The van der Waals surface area contributed by atoms with Gasteiger partial charge >= 0.3 is 0 Å². The molecule has 0 saturated carbocycles. The van der Waals surface area contributed by atoms with E-state index in [1.54, 1.807) is 17.0 Å². The van der Waals surface area contributed by atoms with Crippen LogP contribution in [0.5, 0.6) is 0 Å². The molecule has 2 rings (SSSR count). The molecule has 0 fully saturated rings. The van der Waals surface area contributed by atoms with E-state index in [0.29, 0.717) is 24.3 Å². The highest BCUT2D eigenvalue weighted by Gasteiger charge is 2.25. The quantitative estimate of drug-likeness (QED) is 0.787. The predicted octanol–water partition coefficient (Wildman–Crippen LogP) is 0.793. The summed E-state index contributed by atoms with van der Waals surface area (Å²) in [5.74, 6) is -0.220. The average molecular weight is 261 g/mol. The number of benzene rings is 1. The van der Waals surface area contributed by atoms with Crippen molar-refractivity contribution >= 4 is 17.5 Å². The van der Waals surface area contributed by atoms with E-state index in [4.69, 9.17) is 5.73 Å². The molecule has 1 aliphatic heterocycles. The zero-order valence-electron chi connectivity index (χ0n) is 11.1. The summed E-state index contributed by atoms with van der Waals surface area (Å²) in [5.41, 5.74) is 7.90. The van der Waals surface area contributed by atoms with Crippen LogP contribution in [0.15, 0.2) is 18.2 Å². The first-order chi connectivity index (χ1) is 9.11. The van der Waals surface area contributed by atoms with Gasteiger partial charge in [0.2, 0.25) is 5.91 Å². The molecule has 0 unspecified atom stereocenters. The van der Waals surface area contributed by atoms with Crippen LogP contribution in [0.25, 0.3) is 0 Å². The Bertz CT molecular complexity index is 499. The van der Waals surface area contributed by atoms with Crippen molar-refractivity contribution in [3.63, 3.8) is 0 Å². The van der Waals surface area contributed by atoms with Gasteiger partial charge in [-0.25, -0.2) is 0 Å². The minimum atomic E-state index is -0.111. The smallest absolute Gasteiger partial charge is 0.254 e. The van der Waals surface area contributed by atoms with Gasteiger partial charge in [-0.05, 0) is 30.5 Å². The molecule has 0 bridgehead atoms. The number of amides is 2. The fourth-order valence-electron chi connectivity index (χ4n) is 2.18. The highest BCUT2D eigenvalue weighted by atomic mass is 16.2. The van der Waals surface area contributed by atoms with Crippen molar-refractivity contribution in [1.82, 2.24) is 10.2 Å². The van der Waals surface area contributed by atoms with Crippen molar-refractivity contribution in [3.8, 4) is 0 Å². The topological polar surface area (TPSA) is 75.4 Å². The molecule has 5 heteroatoms. The first-order valence-corrected chi connectivity index (χ1v) is 6.56. The normalized spacial score (nSPS) is 14.2. The molecule has 0 spiro atoms. The van der Waals surface area contributed by atoms with Gasteiger partial charge in [0.1, 0.15) is 0 Å². The summed E-state index contributed by atoms with van der Waals surface area (Å²) in [6.45, 7) is 3.33. The van der Waals surface area contributed by atoms with E-state index in [9.17, 15) is 9.59 Å². The van der Waals surface area contributed by atoms with Crippen LogP contribution in [0, 0.1) is 0 Å². The summed E-state index contributed by atoms with van der Waals surface area (Å²) in [4.78, 5) is 25.5. The summed E-state index contributed by atoms with van der Waals surface area (Å²) < 4.78 is 0. The molecule has 102 valence electrons. The van der Waals surface area contributed by atoms with E-state index in [-0.39, 0.29) is 18.4 Å². The number of anilines is 1. The lowest BCUT2D eigenvalue weighted by atomic mass is 9.98. The maximum atomic E-state index is 12.3. The number of rotatable bonds is 4. The maximum Gasteiger partial charge on any atom is 0.254 e. The van der Waals surface area contributed by atoms with Crippen LogP contribution in [0.4, 0.5) is 5.69 Å². The lowest BCUT2D eigenvalue weighted by molar-refractivity contribution is -0.121. The Balaban J connectivity index is 2.06. The molecule has 1 aromatic rings. The molecular formula is C14H19N3O2. The number of nitrogen functional groups attached to an aromatic ring is 1. The Morgan fingerprint density at radius 2 is 2.26 bits per heavy atom. The van der Waals surface area contributed by atoms with Crippen LogP contribution < -0.4 is 11.1 Å². The monoisotopic (exact) mass is 261 g/mol. The number of fused-ring (bicyclic) bond motifs is 1. The minimum absolute atomic E-state index is 0.109. The average Bonchev–Trinajstić information content (AvgIpc) is 2.40. The summed E-state index contributed by atoms with van der Waals surface area (Å²) in [5, 5.41) is 2.78. The van der Waals surface area contributed by atoms with Crippen LogP contribution in [0.2, 0.25) is 0 Å². The molecule has 1 aromatic carbocycles. The fraction of sp³-hybridized carbons (Fsp3) is 0.429. The van der Waals surface area contributed by atoms with Crippen molar-refractivity contribution in [2.75, 3.05) is 25.4 Å². The Morgan fingerprint density at radius 1 is 1.47 bits per heavy atom. The molecule has 19 heavy (non-hydrogen) atoms. The molecule has 0 aromatic heterocycles. The number of carbonyl (C=O) groups is 2. The minimum Gasteiger partial charge on any atom is -0.399 e. The zero-order valence-corrected chi connectivity index (χ0v) is 11.1. The van der Waals surface area contributed by atoms with E-state index in [2.05, 4.69) is 5.32 Å². The molecule has 1 aliphatic rings. The number of carbonyl (C=O) groups excluding carboxylic acids is 2. The second-order valence-electron chi connectivity index (χ2n) is 4.74. The van der Waals surface area contributed by atoms with Gasteiger partial charge in [-0.3, -0.25) is 9.59 Å². The van der Waals surface area contributed by atoms with Crippen LogP contribution >= 0.6 is 0 Å². The van der Waals surface area contributed by atoms with Crippen LogP contribution in [-0.4, -0.2) is 36.3 Å². The lowest BCUT2D eigenvalue weighted by Gasteiger charge is -2.28. The first kappa shape index (κ1) is 13.4. The van der Waals surface area contributed by atoms with E-state index in [1.807, 2.05) is 13.0 Å². The fourth-order valence-corrected chi connectivity index (χ4v) is 2.18. The van der Waals surface area contributed by atoms with Gasteiger partial charge in [-0.15, -0.1) is 0 Å². The molecule has 1 heterocycles. The third-order valence-corrected chi connectivity index (χ3v) is 3.21. The summed E-state index contributed by atoms with van der Waals surface area (Å²) in [6, 6.07) is 5.38. The van der Waals surface area contributed by atoms with Gasteiger partial charge in [0.15, 0.2) is 0 Å². The predicted molar refractivity (Wildman–Crippen MR) is 73.8 cm³/mol. The van der Waals surface area contributed by atoms with Gasteiger partial charge in [-0.1, -0.05) is 13.0 Å². The van der Waals surface area contributed by atoms with Crippen molar-refractivity contribution in [2.24, 2.45) is 0 Å². The second kappa shape index (κ2) is 5.73. The highest BCUT2D eigenvalue weighted by Crippen LogP contribution is 2.21. The lowest BCUT2D eigenvalue weighted by Crippen LogP contribution is -2.44. The Morgan fingerprint density at radius 3 is 3.00 bits per heavy atom. The summed E-state index contributed by atoms with van der Waals surface area (Å²) in [6.07, 6.45) is 1.65. The van der Waals surface area contributed by atoms with Gasteiger partial charge in [-0.2, -0.15) is 0 Å². The molecule has 5 nitrogen and oxygen atoms in total. The Kier molecular flexibility index (Phi) is 4.04. The van der Waals surface area contributed by atoms with Gasteiger partial charge in [0, 0.05) is 24.3 Å². The van der Waals surface area contributed by atoms with Crippen LogP contribution in [0.1, 0.15) is 29.3 Å².